The molecule has 2 amide bonds. The molecule has 0 aliphatic carbocycles. The highest BCUT2D eigenvalue weighted by molar-refractivity contribution is 6.31. The molecule has 9 heteroatoms. The molecule has 1 aliphatic heterocycles. The summed E-state index contributed by atoms with van der Waals surface area (Å²) in [6, 6.07) is 7.52. The number of carbonyl (C=O) groups is 2. The van der Waals surface area contributed by atoms with E-state index in [9.17, 15) is 9.59 Å². The van der Waals surface area contributed by atoms with Crippen LogP contribution in [0.4, 0.5) is 5.69 Å². The Kier molecular flexibility index (Phi) is 5.32. The van der Waals surface area contributed by atoms with Gasteiger partial charge in [0.15, 0.2) is 5.96 Å². The van der Waals surface area contributed by atoms with E-state index in [1.54, 1.807) is 45.2 Å². The van der Waals surface area contributed by atoms with Crippen molar-refractivity contribution in [1.82, 2.24) is 9.88 Å². The lowest BCUT2D eigenvalue weighted by atomic mass is 9.78. The predicted molar refractivity (Wildman–Crippen MR) is 110 cm³/mol. The molecule has 146 valence electrons. The van der Waals surface area contributed by atoms with E-state index >= 15 is 0 Å². The van der Waals surface area contributed by atoms with E-state index in [2.05, 4.69) is 15.3 Å². The molecule has 1 aliphatic rings. The van der Waals surface area contributed by atoms with E-state index in [1.165, 1.54) is 17.2 Å². The number of halogens is 2. The van der Waals surface area contributed by atoms with Crippen LogP contribution in [0.15, 0.2) is 41.5 Å². The molecule has 0 saturated carbocycles. The Morgan fingerprint density at radius 3 is 2.61 bits per heavy atom. The van der Waals surface area contributed by atoms with Crippen molar-refractivity contribution < 1.29 is 9.59 Å². The Morgan fingerprint density at radius 1 is 1.25 bits per heavy atom. The second-order valence-electron chi connectivity index (χ2n) is 7.03. The molecule has 2 aromatic rings. The SMILES string of the molecule is CN1C(=O)C(C)(C)C(c2cc(NC(=O)c3ccc(Cl)cn3)ccc2Cl)N=C1N. The van der Waals surface area contributed by atoms with Crippen molar-refractivity contribution in [3.63, 3.8) is 0 Å². The first kappa shape index (κ1) is 20.1. The molecule has 0 spiro atoms. The van der Waals surface area contributed by atoms with E-state index in [-0.39, 0.29) is 17.6 Å². The molecule has 28 heavy (non-hydrogen) atoms. The van der Waals surface area contributed by atoms with Crippen LogP contribution >= 0.6 is 23.2 Å². The number of pyridine rings is 1. The number of hydrogen-bond donors (Lipinski definition) is 2. The fraction of sp³-hybridized carbons (Fsp3) is 0.263. The highest BCUT2D eigenvalue weighted by atomic mass is 35.5. The van der Waals surface area contributed by atoms with Gasteiger partial charge in [0, 0.05) is 24.0 Å². The average Bonchev–Trinajstić information content (AvgIpc) is 2.65. The molecular formula is C19H19Cl2N5O2. The normalized spacial score (nSPS) is 18.6. The van der Waals surface area contributed by atoms with Crippen LogP contribution in [0.2, 0.25) is 10.0 Å². The molecule has 2 heterocycles. The van der Waals surface area contributed by atoms with Crippen molar-refractivity contribution in [2.75, 3.05) is 12.4 Å². The summed E-state index contributed by atoms with van der Waals surface area (Å²) in [6.45, 7) is 3.57. The first-order valence-corrected chi connectivity index (χ1v) is 9.20. The number of nitrogens with one attached hydrogen (secondary N) is 1. The zero-order valence-corrected chi connectivity index (χ0v) is 17.0. The molecule has 1 aromatic carbocycles. The Bertz CT molecular complexity index is 973. The molecule has 0 saturated heterocycles. The Labute approximate surface area is 172 Å². The number of guanidine groups is 1. The molecule has 3 rings (SSSR count). The maximum absolute atomic E-state index is 12.7. The molecule has 3 N–H and O–H groups in total. The summed E-state index contributed by atoms with van der Waals surface area (Å²) in [6.07, 6.45) is 1.40. The minimum absolute atomic E-state index is 0.116. The number of benzene rings is 1. The maximum atomic E-state index is 12.7. The van der Waals surface area contributed by atoms with Gasteiger partial charge in [-0.15, -0.1) is 0 Å². The van der Waals surface area contributed by atoms with Crippen molar-refractivity contribution in [1.29, 1.82) is 0 Å². The number of nitrogens with two attached hydrogens (primary N) is 1. The summed E-state index contributed by atoms with van der Waals surface area (Å²) in [4.78, 5) is 34.9. The third kappa shape index (κ3) is 3.68. The molecule has 7 nitrogen and oxygen atoms in total. The van der Waals surface area contributed by atoms with Gasteiger partial charge in [-0.25, -0.2) is 9.98 Å². The third-order valence-electron chi connectivity index (χ3n) is 4.65. The smallest absolute Gasteiger partial charge is 0.274 e. The lowest BCUT2D eigenvalue weighted by Crippen LogP contribution is -2.51. The van der Waals surface area contributed by atoms with Crippen molar-refractivity contribution in [2.24, 2.45) is 16.1 Å². The van der Waals surface area contributed by atoms with Gasteiger partial charge >= 0.3 is 0 Å². The van der Waals surface area contributed by atoms with Crippen LogP contribution in [-0.4, -0.2) is 34.7 Å². The van der Waals surface area contributed by atoms with E-state index in [1.807, 2.05) is 0 Å². The summed E-state index contributed by atoms with van der Waals surface area (Å²) in [5.74, 6) is -0.447. The van der Waals surface area contributed by atoms with E-state index in [0.29, 0.717) is 21.3 Å². The van der Waals surface area contributed by atoms with Gasteiger partial charge in [-0.1, -0.05) is 23.2 Å². The highest BCUT2D eigenvalue weighted by Crippen LogP contribution is 2.43. The lowest BCUT2D eigenvalue weighted by Gasteiger charge is -2.39. The standard InChI is InChI=1S/C19H19Cl2N5O2/c1-19(2)15(25-18(22)26(3)17(19)28)12-8-11(5-6-13(12)21)24-16(27)14-7-4-10(20)9-23-14/h4-9,15H,1-3H3,(H2,22,25)(H,24,27). The minimum Gasteiger partial charge on any atom is -0.369 e. The van der Waals surface area contributed by atoms with Gasteiger partial charge in [0.25, 0.3) is 5.91 Å². The number of nitrogens with zero attached hydrogens (tertiary/aromatic N) is 3. The molecule has 0 bridgehead atoms. The van der Waals surface area contributed by atoms with Gasteiger partial charge in [0.05, 0.1) is 16.5 Å². The van der Waals surface area contributed by atoms with Gasteiger partial charge in [-0.2, -0.15) is 0 Å². The Hall–Kier alpha value is -2.64. The van der Waals surface area contributed by atoms with Gasteiger partial charge in [-0.3, -0.25) is 14.5 Å². The fourth-order valence-corrected chi connectivity index (χ4v) is 3.36. The van der Waals surface area contributed by atoms with Gasteiger partial charge in [0.2, 0.25) is 5.91 Å². The highest BCUT2D eigenvalue weighted by Gasteiger charge is 2.44. The van der Waals surface area contributed by atoms with Crippen LogP contribution < -0.4 is 11.1 Å². The molecular weight excluding hydrogens is 401 g/mol. The van der Waals surface area contributed by atoms with Crippen LogP contribution in [0.25, 0.3) is 0 Å². The topological polar surface area (TPSA) is 101 Å². The second-order valence-corrected chi connectivity index (χ2v) is 7.87. The number of rotatable bonds is 3. The summed E-state index contributed by atoms with van der Waals surface area (Å²) >= 11 is 12.2. The van der Waals surface area contributed by atoms with Gasteiger partial charge in [0.1, 0.15) is 5.69 Å². The van der Waals surface area contributed by atoms with Crippen molar-refractivity contribution in [3.05, 3.63) is 57.8 Å². The van der Waals surface area contributed by atoms with Gasteiger partial charge < -0.3 is 11.1 Å². The predicted octanol–water partition coefficient (Wildman–Crippen LogP) is 3.49. The molecule has 1 aromatic heterocycles. The first-order valence-electron chi connectivity index (χ1n) is 8.45. The van der Waals surface area contributed by atoms with Crippen LogP contribution in [0.1, 0.15) is 35.9 Å². The van der Waals surface area contributed by atoms with E-state index in [4.69, 9.17) is 28.9 Å². The van der Waals surface area contributed by atoms with Crippen LogP contribution in [0.5, 0.6) is 0 Å². The lowest BCUT2D eigenvalue weighted by molar-refractivity contribution is -0.137. The summed E-state index contributed by atoms with van der Waals surface area (Å²) < 4.78 is 0. The zero-order chi connectivity index (χ0) is 20.6. The number of carbonyl (C=O) groups excluding carboxylic acids is 2. The second kappa shape index (κ2) is 7.41. The number of aromatic nitrogens is 1. The quantitative estimate of drug-likeness (QED) is 0.794. The number of aliphatic imine (C=N–C) groups is 1. The number of amides is 2. The van der Waals surface area contributed by atoms with E-state index < -0.39 is 17.4 Å². The van der Waals surface area contributed by atoms with Crippen molar-refractivity contribution >= 4 is 46.7 Å². The third-order valence-corrected chi connectivity index (χ3v) is 5.22. The monoisotopic (exact) mass is 419 g/mol. The first-order chi connectivity index (χ1) is 13.1. The van der Waals surface area contributed by atoms with Crippen molar-refractivity contribution in [2.45, 2.75) is 19.9 Å². The van der Waals surface area contributed by atoms with Crippen LogP contribution in [0, 0.1) is 5.41 Å². The molecule has 0 fully saturated rings. The number of anilines is 1. The number of hydrogen-bond acceptors (Lipinski definition) is 5. The maximum Gasteiger partial charge on any atom is 0.274 e. The van der Waals surface area contributed by atoms with E-state index in [0.717, 1.165) is 0 Å². The largest absolute Gasteiger partial charge is 0.369 e. The molecule has 1 atom stereocenters. The Balaban J connectivity index is 1.94. The fourth-order valence-electron chi connectivity index (χ4n) is 3.03. The minimum atomic E-state index is -0.859. The summed E-state index contributed by atoms with van der Waals surface area (Å²) in [5.41, 5.74) is 6.35. The van der Waals surface area contributed by atoms with Crippen LogP contribution in [0.3, 0.4) is 0 Å². The zero-order valence-electron chi connectivity index (χ0n) is 15.5. The van der Waals surface area contributed by atoms with Crippen molar-refractivity contribution in [3.8, 4) is 0 Å². The van der Waals surface area contributed by atoms with Gasteiger partial charge in [-0.05, 0) is 49.7 Å². The Morgan fingerprint density at radius 2 is 1.96 bits per heavy atom. The molecule has 1 unspecified atom stereocenters. The summed E-state index contributed by atoms with van der Waals surface area (Å²) in [5, 5.41) is 3.63. The molecule has 0 radical (unpaired) electrons. The van der Waals surface area contributed by atoms with Crippen LogP contribution in [-0.2, 0) is 4.79 Å². The average molecular weight is 420 g/mol. The summed E-state index contributed by atoms with van der Waals surface area (Å²) in [7, 11) is 1.58.